The predicted molar refractivity (Wildman–Crippen MR) is 93.9 cm³/mol. The average Bonchev–Trinajstić information content (AvgIpc) is 3.10. The summed E-state index contributed by atoms with van der Waals surface area (Å²) in [6.45, 7) is 7.19. The van der Waals surface area contributed by atoms with Crippen LogP contribution in [0.15, 0.2) is 24.3 Å². The molecule has 1 aliphatic heterocycles. The van der Waals surface area contributed by atoms with Crippen molar-refractivity contribution in [3.8, 4) is 0 Å². The van der Waals surface area contributed by atoms with Gasteiger partial charge in [-0.2, -0.15) is 0 Å². The molecule has 0 saturated carbocycles. The maximum atomic E-state index is 12.4. The molecular formula is C19H28N2O3. The first-order valence-corrected chi connectivity index (χ1v) is 8.80. The van der Waals surface area contributed by atoms with Crippen molar-refractivity contribution in [2.24, 2.45) is 5.92 Å². The second-order valence-corrected chi connectivity index (χ2v) is 6.63. The molecule has 1 heterocycles. The average molecular weight is 332 g/mol. The molecule has 5 nitrogen and oxygen atoms in total. The Kier molecular flexibility index (Phi) is 6.79. The van der Waals surface area contributed by atoms with Crippen molar-refractivity contribution < 1.29 is 14.3 Å². The largest absolute Gasteiger partial charge is 0.376 e. The number of rotatable bonds is 7. The van der Waals surface area contributed by atoms with Crippen molar-refractivity contribution in [2.45, 2.75) is 52.2 Å². The minimum atomic E-state index is -0.551. The van der Waals surface area contributed by atoms with Crippen molar-refractivity contribution in [3.63, 3.8) is 0 Å². The van der Waals surface area contributed by atoms with Gasteiger partial charge < -0.3 is 15.4 Å². The summed E-state index contributed by atoms with van der Waals surface area (Å²) in [5, 5.41) is 5.76. The van der Waals surface area contributed by atoms with Crippen LogP contribution in [0.4, 0.5) is 0 Å². The van der Waals surface area contributed by atoms with Gasteiger partial charge in [-0.05, 0) is 42.9 Å². The SMILES string of the molecule is CCc1ccc(C(=O)N[C@H](C(=O)NC[C@H]2CCCO2)C(C)C)cc1. The summed E-state index contributed by atoms with van der Waals surface area (Å²) in [5.41, 5.74) is 1.76. The van der Waals surface area contributed by atoms with Gasteiger partial charge in [0.2, 0.25) is 5.91 Å². The van der Waals surface area contributed by atoms with E-state index < -0.39 is 6.04 Å². The van der Waals surface area contributed by atoms with Crippen LogP contribution in [0.25, 0.3) is 0 Å². The molecule has 2 N–H and O–H groups in total. The Bertz CT molecular complexity index is 548. The Labute approximate surface area is 144 Å². The topological polar surface area (TPSA) is 67.4 Å². The number of benzene rings is 1. The van der Waals surface area contributed by atoms with Crippen LogP contribution in [-0.2, 0) is 16.0 Å². The van der Waals surface area contributed by atoms with Crippen LogP contribution < -0.4 is 10.6 Å². The van der Waals surface area contributed by atoms with Gasteiger partial charge in [0.05, 0.1) is 6.10 Å². The maximum Gasteiger partial charge on any atom is 0.251 e. The zero-order valence-electron chi connectivity index (χ0n) is 14.8. The van der Waals surface area contributed by atoms with Crippen LogP contribution in [0.2, 0.25) is 0 Å². The van der Waals surface area contributed by atoms with E-state index in [0.717, 1.165) is 25.9 Å². The molecule has 0 unspecified atom stereocenters. The fraction of sp³-hybridized carbons (Fsp3) is 0.579. The third kappa shape index (κ3) is 5.06. The highest BCUT2D eigenvalue weighted by Crippen LogP contribution is 2.11. The van der Waals surface area contributed by atoms with Crippen LogP contribution in [0.1, 0.15) is 49.5 Å². The molecule has 1 saturated heterocycles. The zero-order valence-corrected chi connectivity index (χ0v) is 14.8. The van der Waals surface area contributed by atoms with E-state index in [1.165, 1.54) is 5.56 Å². The molecule has 0 spiro atoms. The molecule has 0 radical (unpaired) electrons. The van der Waals surface area contributed by atoms with Gasteiger partial charge in [0.15, 0.2) is 0 Å². The van der Waals surface area contributed by atoms with Crippen molar-refractivity contribution in [3.05, 3.63) is 35.4 Å². The summed E-state index contributed by atoms with van der Waals surface area (Å²) in [5.74, 6) is -0.365. The van der Waals surface area contributed by atoms with Crippen LogP contribution in [0.3, 0.4) is 0 Å². The van der Waals surface area contributed by atoms with Gasteiger partial charge in [-0.15, -0.1) is 0 Å². The summed E-state index contributed by atoms with van der Waals surface area (Å²) in [4.78, 5) is 24.8. The van der Waals surface area contributed by atoms with Crippen molar-refractivity contribution in [2.75, 3.05) is 13.2 Å². The molecule has 0 bridgehead atoms. The van der Waals surface area contributed by atoms with Crippen LogP contribution >= 0.6 is 0 Å². The Morgan fingerprint density at radius 3 is 2.50 bits per heavy atom. The summed E-state index contributed by atoms with van der Waals surface area (Å²) in [6, 6.07) is 6.93. The molecule has 1 fully saturated rings. The fourth-order valence-corrected chi connectivity index (χ4v) is 2.78. The van der Waals surface area contributed by atoms with E-state index in [9.17, 15) is 9.59 Å². The van der Waals surface area contributed by atoms with Gasteiger partial charge in [-0.3, -0.25) is 9.59 Å². The Hall–Kier alpha value is -1.88. The third-order valence-corrected chi connectivity index (χ3v) is 4.39. The molecule has 1 aromatic rings. The van der Waals surface area contributed by atoms with E-state index in [2.05, 4.69) is 17.6 Å². The lowest BCUT2D eigenvalue weighted by Crippen LogP contribution is -2.50. The van der Waals surface area contributed by atoms with Crippen molar-refractivity contribution in [1.82, 2.24) is 10.6 Å². The molecule has 132 valence electrons. The maximum absolute atomic E-state index is 12.4. The molecule has 0 aromatic heterocycles. The highest BCUT2D eigenvalue weighted by molar-refractivity contribution is 5.97. The van der Waals surface area contributed by atoms with Gasteiger partial charge >= 0.3 is 0 Å². The van der Waals surface area contributed by atoms with Crippen LogP contribution in [0, 0.1) is 5.92 Å². The quantitative estimate of drug-likeness (QED) is 0.805. The summed E-state index contributed by atoms with van der Waals surface area (Å²) in [6.07, 6.45) is 3.04. The second kappa shape index (κ2) is 8.83. The van der Waals surface area contributed by atoms with Crippen LogP contribution in [-0.4, -0.2) is 37.1 Å². The molecule has 2 rings (SSSR count). The van der Waals surface area contributed by atoms with Gasteiger partial charge in [0.1, 0.15) is 6.04 Å². The highest BCUT2D eigenvalue weighted by atomic mass is 16.5. The molecule has 2 amide bonds. The highest BCUT2D eigenvalue weighted by Gasteiger charge is 2.26. The summed E-state index contributed by atoms with van der Waals surface area (Å²) < 4.78 is 5.51. The zero-order chi connectivity index (χ0) is 17.5. The van der Waals surface area contributed by atoms with Gasteiger partial charge in [-0.1, -0.05) is 32.9 Å². The number of nitrogens with one attached hydrogen (secondary N) is 2. The smallest absolute Gasteiger partial charge is 0.251 e. The molecule has 1 aromatic carbocycles. The Morgan fingerprint density at radius 2 is 1.96 bits per heavy atom. The first-order valence-electron chi connectivity index (χ1n) is 8.80. The summed E-state index contributed by atoms with van der Waals surface area (Å²) >= 11 is 0. The minimum Gasteiger partial charge on any atom is -0.376 e. The van der Waals surface area contributed by atoms with Gasteiger partial charge in [0, 0.05) is 18.7 Å². The molecule has 1 aliphatic rings. The van der Waals surface area contributed by atoms with E-state index in [1.54, 1.807) is 12.1 Å². The number of hydrogen-bond acceptors (Lipinski definition) is 3. The second-order valence-electron chi connectivity index (χ2n) is 6.63. The number of hydrogen-bond donors (Lipinski definition) is 2. The molecule has 2 atom stereocenters. The van der Waals surface area contributed by atoms with E-state index in [-0.39, 0.29) is 23.8 Å². The van der Waals surface area contributed by atoms with E-state index in [1.807, 2.05) is 26.0 Å². The van der Waals surface area contributed by atoms with Crippen molar-refractivity contribution in [1.29, 1.82) is 0 Å². The molecule has 24 heavy (non-hydrogen) atoms. The Morgan fingerprint density at radius 1 is 1.25 bits per heavy atom. The monoisotopic (exact) mass is 332 g/mol. The lowest BCUT2D eigenvalue weighted by atomic mass is 10.0. The number of carbonyl (C=O) groups is 2. The molecule has 5 heteroatoms. The standard InChI is InChI=1S/C19H28N2O3/c1-4-14-7-9-15(10-8-14)18(22)21-17(13(2)3)19(23)20-12-16-6-5-11-24-16/h7-10,13,16-17H,4-6,11-12H2,1-3H3,(H,20,23)(H,21,22)/t16-,17+/m1/s1. The minimum absolute atomic E-state index is 0.00774. The van der Waals surface area contributed by atoms with Crippen LogP contribution in [0.5, 0.6) is 0 Å². The van der Waals surface area contributed by atoms with Gasteiger partial charge in [0.25, 0.3) is 5.91 Å². The summed E-state index contributed by atoms with van der Waals surface area (Å²) in [7, 11) is 0. The first kappa shape index (κ1) is 18.5. The number of ether oxygens (including phenoxy) is 1. The van der Waals surface area contributed by atoms with Crippen molar-refractivity contribution >= 4 is 11.8 Å². The predicted octanol–water partition coefficient (Wildman–Crippen LogP) is 2.30. The molecule has 0 aliphatic carbocycles. The third-order valence-electron chi connectivity index (χ3n) is 4.39. The Balaban J connectivity index is 1.93. The fourth-order valence-electron chi connectivity index (χ4n) is 2.78. The van der Waals surface area contributed by atoms with E-state index in [0.29, 0.717) is 12.1 Å². The van der Waals surface area contributed by atoms with E-state index >= 15 is 0 Å². The lowest BCUT2D eigenvalue weighted by Gasteiger charge is -2.22. The number of aryl methyl sites for hydroxylation is 1. The van der Waals surface area contributed by atoms with E-state index in [4.69, 9.17) is 4.74 Å². The van der Waals surface area contributed by atoms with Gasteiger partial charge in [-0.25, -0.2) is 0 Å². The number of amides is 2. The first-order chi connectivity index (χ1) is 11.5. The normalized spacial score (nSPS) is 18.4. The number of carbonyl (C=O) groups excluding carboxylic acids is 2. The lowest BCUT2D eigenvalue weighted by molar-refractivity contribution is -0.124. The molecular weight excluding hydrogens is 304 g/mol.